The van der Waals surface area contributed by atoms with E-state index >= 15 is 0 Å². The van der Waals surface area contributed by atoms with Crippen LogP contribution in [-0.4, -0.2) is 26.8 Å². The Balaban J connectivity index is 2.25. The van der Waals surface area contributed by atoms with Crippen molar-refractivity contribution in [2.24, 2.45) is 11.8 Å². The Hall–Kier alpha value is -0.380. The van der Waals surface area contributed by atoms with Gasteiger partial charge in [-0.3, -0.25) is 0 Å². The Labute approximate surface area is 116 Å². The number of hydrogen-bond donors (Lipinski definition) is 1. The first-order valence-corrected chi connectivity index (χ1v) is 7.82. The van der Waals surface area contributed by atoms with E-state index < -0.39 is 0 Å². The van der Waals surface area contributed by atoms with Crippen molar-refractivity contribution in [3.8, 4) is 0 Å². The third-order valence-electron chi connectivity index (χ3n) is 3.10. The maximum Gasteiger partial charge on any atom is 0.0587 e. The van der Waals surface area contributed by atoms with Crippen LogP contribution in [0.1, 0.15) is 31.6 Å². The Bertz CT molecular complexity index is 285. The minimum absolute atomic E-state index is 0.780. The van der Waals surface area contributed by atoms with Crippen molar-refractivity contribution in [1.29, 1.82) is 0 Å². The number of methoxy groups -OCH3 is 1. The summed E-state index contributed by atoms with van der Waals surface area (Å²) in [5.41, 5.74) is 0. The molecule has 0 spiro atoms. The Morgan fingerprint density at radius 2 is 2.22 bits per heavy atom. The van der Waals surface area contributed by atoms with E-state index in [0.717, 1.165) is 31.5 Å². The second-order valence-corrected chi connectivity index (χ2v) is 6.34. The number of rotatable bonds is 10. The van der Waals surface area contributed by atoms with Gasteiger partial charge in [-0.05, 0) is 49.1 Å². The summed E-state index contributed by atoms with van der Waals surface area (Å²) < 4.78 is 5.06. The number of nitrogens with one attached hydrogen (secondary N) is 1. The molecule has 1 aromatic rings. The minimum atomic E-state index is 0.780. The number of aryl methyl sites for hydroxylation is 1. The maximum absolute atomic E-state index is 5.06. The smallest absolute Gasteiger partial charge is 0.0587 e. The molecule has 0 fully saturated rings. The van der Waals surface area contributed by atoms with Crippen LogP contribution in [0.5, 0.6) is 0 Å². The second kappa shape index (κ2) is 9.54. The first kappa shape index (κ1) is 15.7. The molecule has 104 valence electrons. The van der Waals surface area contributed by atoms with Gasteiger partial charge in [-0.15, -0.1) is 11.3 Å². The fourth-order valence-electron chi connectivity index (χ4n) is 2.25. The molecule has 0 aromatic carbocycles. The van der Waals surface area contributed by atoms with E-state index in [1.165, 1.54) is 24.1 Å². The standard InChI is InChI=1S/C15H27NOS/c1-13(2)11-14(12-16-8-9-17-3)6-7-15-5-4-10-18-15/h4-5,10,13-14,16H,6-9,11-12H2,1-3H3. The zero-order valence-corrected chi connectivity index (χ0v) is 12.8. The van der Waals surface area contributed by atoms with E-state index in [4.69, 9.17) is 4.74 Å². The van der Waals surface area contributed by atoms with E-state index in [1.807, 2.05) is 11.3 Å². The van der Waals surface area contributed by atoms with Crippen molar-refractivity contribution in [1.82, 2.24) is 5.32 Å². The first-order valence-electron chi connectivity index (χ1n) is 6.94. The van der Waals surface area contributed by atoms with E-state index in [2.05, 4.69) is 36.7 Å². The molecular formula is C15H27NOS. The average Bonchev–Trinajstić information content (AvgIpc) is 2.83. The number of hydrogen-bond acceptors (Lipinski definition) is 3. The Morgan fingerprint density at radius 1 is 1.39 bits per heavy atom. The summed E-state index contributed by atoms with van der Waals surface area (Å²) >= 11 is 1.88. The normalized spacial score (nSPS) is 13.1. The summed E-state index contributed by atoms with van der Waals surface area (Å²) in [5, 5.41) is 5.67. The van der Waals surface area contributed by atoms with E-state index in [9.17, 15) is 0 Å². The Morgan fingerprint density at radius 3 is 2.83 bits per heavy atom. The van der Waals surface area contributed by atoms with Gasteiger partial charge in [0.15, 0.2) is 0 Å². The molecule has 0 aliphatic rings. The predicted molar refractivity (Wildman–Crippen MR) is 80.3 cm³/mol. The monoisotopic (exact) mass is 269 g/mol. The van der Waals surface area contributed by atoms with Crippen LogP contribution in [0.2, 0.25) is 0 Å². The number of ether oxygens (including phenoxy) is 1. The maximum atomic E-state index is 5.06. The molecule has 1 atom stereocenters. The van der Waals surface area contributed by atoms with Crippen molar-refractivity contribution in [2.75, 3.05) is 26.8 Å². The van der Waals surface area contributed by atoms with Crippen LogP contribution >= 0.6 is 11.3 Å². The van der Waals surface area contributed by atoms with Crippen LogP contribution < -0.4 is 5.32 Å². The second-order valence-electron chi connectivity index (χ2n) is 5.31. The highest BCUT2D eigenvalue weighted by Crippen LogP contribution is 2.19. The molecule has 1 rings (SSSR count). The molecule has 1 unspecified atom stereocenters. The largest absolute Gasteiger partial charge is 0.383 e. The van der Waals surface area contributed by atoms with E-state index in [0.29, 0.717) is 0 Å². The summed E-state index contributed by atoms with van der Waals surface area (Å²) in [5.74, 6) is 1.56. The average molecular weight is 269 g/mol. The molecule has 0 aliphatic carbocycles. The van der Waals surface area contributed by atoms with Gasteiger partial charge in [0.25, 0.3) is 0 Å². The molecule has 1 aromatic heterocycles. The molecule has 1 heterocycles. The fraction of sp³-hybridized carbons (Fsp3) is 0.733. The van der Waals surface area contributed by atoms with Gasteiger partial charge in [0.1, 0.15) is 0 Å². The van der Waals surface area contributed by atoms with Gasteiger partial charge in [-0.1, -0.05) is 19.9 Å². The van der Waals surface area contributed by atoms with Crippen LogP contribution in [0, 0.1) is 11.8 Å². The summed E-state index contributed by atoms with van der Waals surface area (Å²) in [4.78, 5) is 1.51. The summed E-state index contributed by atoms with van der Waals surface area (Å²) in [6.45, 7) is 7.51. The SMILES string of the molecule is COCCNCC(CCc1cccs1)CC(C)C. The molecule has 0 bridgehead atoms. The van der Waals surface area contributed by atoms with Crippen LogP contribution in [0.15, 0.2) is 17.5 Å². The molecule has 1 N–H and O–H groups in total. The molecule has 18 heavy (non-hydrogen) atoms. The van der Waals surface area contributed by atoms with Crippen molar-refractivity contribution >= 4 is 11.3 Å². The predicted octanol–water partition coefficient (Wildman–Crippen LogP) is 3.58. The van der Waals surface area contributed by atoms with Gasteiger partial charge in [0.2, 0.25) is 0 Å². The molecule has 0 amide bonds. The molecule has 2 nitrogen and oxygen atoms in total. The van der Waals surface area contributed by atoms with Crippen LogP contribution in [0.3, 0.4) is 0 Å². The summed E-state index contributed by atoms with van der Waals surface area (Å²) in [7, 11) is 1.75. The van der Waals surface area contributed by atoms with Gasteiger partial charge in [0, 0.05) is 18.5 Å². The highest BCUT2D eigenvalue weighted by Gasteiger charge is 2.11. The molecule has 3 heteroatoms. The zero-order valence-electron chi connectivity index (χ0n) is 11.9. The lowest BCUT2D eigenvalue weighted by Gasteiger charge is -2.19. The topological polar surface area (TPSA) is 21.3 Å². The van der Waals surface area contributed by atoms with Gasteiger partial charge in [-0.2, -0.15) is 0 Å². The lowest BCUT2D eigenvalue weighted by Crippen LogP contribution is -2.27. The van der Waals surface area contributed by atoms with Crippen molar-refractivity contribution in [3.05, 3.63) is 22.4 Å². The van der Waals surface area contributed by atoms with Crippen LogP contribution in [0.4, 0.5) is 0 Å². The molecule has 0 aliphatic heterocycles. The quantitative estimate of drug-likeness (QED) is 0.656. The summed E-state index contributed by atoms with van der Waals surface area (Å²) in [6.07, 6.45) is 3.82. The molecule has 0 radical (unpaired) electrons. The Kier molecular flexibility index (Phi) is 8.31. The van der Waals surface area contributed by atoms with Crippen molar-refractivity contribution in [3.63, 3.8) is 0 Å². The van der Waals surface area contributed by atoms with Crippen molar-refractivity contribution < 1.29 is 4.74 Å². The van der Waals surface area contributed by atoms with Crippen molar-refractivity contribution in [2.45, 2.75) is 33.1 Å². The molecular weight excluding hydrogens is 242 g/mol. The van der Waals surface area contributed by atoms with E-state index in [1.54, 1.807) is 7.11 Å². The van der Waals surface area contributed by atoms with E-state index in [-0.39, 0.29) is 0 Å². The highest BCUT2D eigenvalue weighted by atomic mass is 32.1. The van der Waals surface area contributed by atoms with Gasteiger partial charge in [0.05, 0.1) is 6.61 Å². The summed E-state index contributed by atoms with van der Waals surface area (Å²) in [6, 6.07) is 4.39. The van der Waals surface area contributed by atoms with Gasteiger partial charge < -0.3 is 10.1 Å². The first-order chi connectivity index (χ1) is 8.72. The molecule has 0 saturated carbocycles. The number of thiophene rings is 1. The fourth-order valence-corrected chi connectivity index (χ4v) is 2.98. The third kappa shape index (κ3) is 7.14. The third-order valence-corrected chi connectivity index (χ3v) is 4.04. The highest BCUT2D eigenvalue weighted by molar-refractivity contribution is 7.09. The lowest BCUT2D eigenvalue weighted by atomic mass is 9.92. The lowest BCUT2D eigenvalue weighted by molar-refractivity contribution is 0.196. The zero-order chi connectivity index (χ0) is 13.2. The van der Waals surface area contributed by atoms with Gasteiger partial charge >= 0.3 is 0 Å². The molecule has 0 saturated heterocycles. The van der Waals surface area contributed by atoms with Crippen LogP contribution in [-0.2, 0) is 11.2 Å². The minimum Gasteiger partial charge on any atom is -0.383 e. The van der Waals surface area contributed by atoms with Gasteiger partial charge in [-0.25, -0.2) is 0 Å². The van der Waals surface area contributed by atoms with Crippen LogP contribution in [0.25, 0.3) is 0 Å².